The summed E-state index contributed by atoms with van der Waals surface area (Å²) in [6.07, 6.45) is 2.25. The Morgan fingerprint density at radius 1 is 1.09 bits per heavy atom. The van der Waals surface area contributed by atoms with E-state index in [2.05, 4.69) is 4.99 Å². The zero-order valence-corrected chi connectivity index (χ0v) is 12.5. The fraction of sp³-hybridized carbons (Fsp3) is 0.733. The third-order valence-electron chi connectivity index (χ3n) is 4.32. The van der Waals surface area contributed by atoms with Gasteiger partial charge in [-0.2, -0.15) is 4.99 Å². The van der Waals surface area contributed by atoms with Gasteiger partial charge in [-0.1, -0.05) is 0 Å². The molecule has 2 saturated heterocycles. The van der Waals surface area contributed by atoms with Gasteiger partial charge in [-0.25, -0.2) is 0 Å². The zero-order valence-electron chi connectivity index (χ0n) is 12.5. The molecule has 2 amide bonds. The van der Waals surface area contributed by atoms with Crippen molar-refractivity contribution in [2.24, 2.45) is 16.8 Å². The molecule has 0 N–H and O–H groups in total. The molecule has 0 aromatic rings. The van der Waals surface area contributed by atoms with Crippen LogP contribution in [0.4, 0.5) is 0 Å². The van der Waals surface area contributed by atoms with E-state index >= 15 is 0 Å². The maximum Gasteiger partial charge on any atom is 0.267 e. The van der Waals surface area contributed by atoms with Crippen LogP contribution in [-0.2, 0) is 23.9 Å². The molecular formula is C15H20N2O5. The number of hydrogen-bond acceptors (Lipinski definition) is 5. The molecule has 2 unspecified atom stereocenters. The number of ether oxygens (including phenoxy) is 2. The summed E-state index contributed by atoms with van der Waals surface area (Å²) < 4.78 is 10.5. The molecule has 3 rings (SSSR count). The summed E-state index contributed by atoms with van der Waals surface area (Å²) >= 11 is 0. The number of carbonyl (C=O) groups is 3. The summed E-state index contributed by atoms with van der Waals surface area (Å²) in [7, 11) is 0. The molecule has 7 nitrogen and oxygen atoms in total. The van der Waals surface area contributed by atoms with Crippen molar-refractivity contribution in [3.63, 3.8) is 0 Å². The van der Waals surface area contributed by atoms with Gasteiger partial charge >= 0.3 is 0 Å². The lowest BCUT2D eigenvalue weighted by Gasteiger charge is -2.19. The van der Waals surface area contributed by atoms with Gasteiger partial charge in [0.15, 0.2) is 11.6 Å². The summed E-state index contributed by atoms with van der Waals surface area (Å²) in [6.45, 7) is 2.33. The fourth-order valence-corrected chi connectivity index (χ4v) is 3.04. The molecule has 0 saturated carbocycles. The van der Waals surface area contributed by atoms with Crippen LogP contribution in [0.15, 0.2) is 4.99 Å². The quantitative estimate of drug-likeness (QED) is 0.723. The molecule has 0 aromatic carbocycles. The summed E-state index contributed by atoms with van der Waals surface area (Å²) in [4.78, 5) is 41.3. The van der Waals surface area contributed by atoms with E-state index in [0.29, 0.717) is 32.8 Å². The van der Waals surface area contributed by atoms with E-state index in [1.165, 1.54) is 4.90 Å². The molecule has 0 aliphatic carbocycles. The van der Waals surface area contributed by atoms with E-state index in [0.717, 1.165) is 12.8 Å². The van der Waals surface area contributed by atoms with Gasteiger partial charge in [0.25, 0.3) is 5.91 Å². The number of rotatable bonds is 5. The summed E-state index contributed by atoms with van der Waals surface area (Å²) in [5, 5.41) is 0. The Labute approximate surface area is 128 Å². The first-order valence-electron chi connectivity index (χ1n) is 7.74. The molecule has 3 aliphatic rings. The Kier molecular flexibility index (Phi) is 4.63. The third-order valence-corrected chi connectivity index (χ3v) is 4.32. The number of amidine groups is 1. The predicted molar refractivity (Wildman–Crippen MR) is 76.2 cm³/mol. The van der Waals surface area contributed by atoms with Crippen LogP contribution >= 0.6 is 0 Å². The maximum atomic E-state index is 12.4. The topological polar surface area (TPSA) is 85.3 Å². The van der Waals surface area contributed by atoms with Crippen LogP contribution in [0.3, 0.4) is 0 Å². The van der Waals surface area contributed by atoms with Gasteiger partial charge < -0.3 is 9.47 Å². The van der Waals surface area contributed by atoms with Gasteiger partial charge in [0.2, 0.25) is 5.91 Å². The zero-order chi connectivity index (χ0) is 15.5. The molecule has 0 aromatic heterocycles. The minimum Gasteiger partial charge on any atom is -0.381 e. The second-order valence-electron chi connectivity index (χ2n) is 6.10. The molecule has 3 heterocycles. The number of nitrogens with zero attached hydrogens (tertiary/aromatic N) is 2. The van der Waals surface area contributed by atoms with Gasteiger partial charge in [0.05, 0.1) is 0 Å². The van der Waals surface area contributed by atoms with Gasteiger partial charge in [0, 0.05) is 39.3 Å². The van der Waals surface area contributed by atoms with Gasteiger partial charge in [-0.15, -0.1) is 0 Å². The number of hydrogen-bond donors (Lipinski definition) is 0. The van der Waals surface area contributed by atoms with Gasteiger partial charge in [0.1, 0.15) is 6.54 Å². The van der Waals surface area contributed by atoms with Crippen LogP contribution in [0.5, 0.6) is 0 Å². The minimum absolute atomic E-state index is 0.0146. The first-order valence-corrected chi connectivity index (χ1v) is 7.74. The highest BCUT2D eigenvalue weighted by Gasteiger charge is 2.35. The largest absolute Gasteiger partial charge is 0.381 e. The molecule has 120 valence electrons. The molecule has 0 bridgehead atoms. The lowest BCUT2D eigenvalue weighted by molar-refractivity contribution is -0.131. The molecule has 2 atom stereocenters. The van der Waals surface area contributed by atoms with Crippen LogP contribution in [-0.4, -0.2) is 61.3 Å². The van der Waals surface area contributed by atoms with Gasteiger partial charge in [-0.3, -0.25) is 19.3 Å². The van der Waals surface area contributed by atoms with Gasteiger partial charge in [-0.05, 0) is 24.7 Å². The van der Waals surface area contributed by atoms with Crippen molar-refractivity contribution >= 4 is 23.4 Å². The maximum absolute atomic E-state index is 12.4. The monoisotopic (exact) mass is 308 g/mol. The molecule has 3 aliphatic heterocycles. The molecule has 2 fully saturated rings. The van der Waals surface area contributed by atoms with Crippen LogP contribution in [0.1, 0.15) is 25.7 Å². The van der Waals surface area contributed by atoms with Crippen molar-refractivity contribution in [2.75, 3.05) is 33.0 Å². The Hall–Kier alpha value is -1.60. The SMILES string of the molecule is O=C1CN(C(=O)CC2CCOC2)C(C(=O)CC2CCOC2)=N1. The van der Waals surface area contributed by atoms with Crippen molar-refractivity contribution in [1.29, 1.82) is 0 Å². The van der Waals surface area contributed by atoms with E-state index in [1.807, 2.05) is 0 Å². The number of carbonyl (C=O) groups excluding carboxylic acids is 3. The summed E-state index contributed by atoms with van der Waals surface area (Å²) in [5.74, 6) is -0.537. The average Bonchev–Trinajstić information content (AvgIpc) is 3.19. The van der Waals surface area contributed by atoms with Crippen molar-refractivity contribution in [1.82, 2.24) is 4.90 Å². The van der Waals surface area contributed by atoms with Crippen LogP contribution in [0.2, 0.25) is 0 Å². The highest BCUT2D eigenvalue weighted by molar-refractivity contribution is 6.44. The summed E-state index contributed by atoms with van der Waals surface area (Å²) in [5.41, 5.74) is 0. The summed E-state index contributed by atoms with van der Waals surface area (Å²) in [6, 6.07) is 0. The van der Waals surface area contributed by atoms with Crippen molar-refractivity contribution < 1.29 is 23.9 Å². The first kappa shape index (κ1) is 15.3. The fourth-order valence-electron chi connectivity index (χ4n) is 3.04. The standard InChI is InChI=1S/C15H20N2O5/c18-12(5-10-1-3-21-8-10)15-16-13(19)7-17(15)14(20)6-11-2-4-22-9-11/h10-11H,1-9H2. The predicted octanol–water partition coefficient (Wildman–Crippen LogP) is 0.176. The highest BCUT2D eigenvalue weighted by atomic mass is 16.5. The lowest BCUT2D eigenvalue weighted by atomic mass is 10.0. The molecule has 0 spiro atoms. The Balaban J connectivity index is 1.62. The minimum atomic E-state index is -0.429. The molecule has 22 heavy (non-hydrogen) atoms. The lowest BCUT2D eigenvalue weighted by Crippen LogP contribution is -2.40. The highest BCUT2D eigenvalue weighted by Crippen LogP contribution is 2.21. The Morgan fingerprint density at radius 3 is 2.32 bits per heavy atom. The van der Waals surface area contributed by atoms with E-state index in [-0.39, 0.29) is 42.3 Å². The number of amides is 2. The second-order valence-corrected chi connectivity index (χ2v) is 6.10. The Morgan fingerprint density at radius 2 is 1.73 bits per heavy atom. The third kappa shape index (κ3) is 3.41. The average molecular weight is 308 g/mol. The normalized spacial score (nSPS) is 28.3. The number of ketones is 1. The van der Waals surface area contributed by atoms with Crippen LogP contribution in [0, 0.1) is 11.8 Å². The molecule has 7 heteroatoms. The van der Waals surface area contributed by atoms with Crippen molar-refractivity contribution in [2.45, 2.75) is 25.7 Å². The second kappa shape index (κ2) is 6.66. The van der Waals surface area contributed by atoms with Crippen LogP contribution in [0.25, 0.3) is 0 Å². The van der Waals surface area contributed by atoms with E-state index in [4.69, 9.17) is 9.47 Å². The van der Waals surface area contributed by atoms with E-state index in [9.17, 15) is 14.4 Å². The molecular weight excluding hydrogens is 288 g/mol. The van der Waals surface area contributed by atoms with E-state index < -0.39 is 5.91 Å². The molecule has 0 radical (unpaired) electrons. The van der Waals surface area contributed by atoms with Crippen molar-refractivity contribution in [3.05, 3.63) is 0 Å². The first-order chi connectivity index (χ1) is 10.6. The van der Waals surface area contributed by atoms with Crippen molar-refractivity contribution in [3.8, 4) is 0 Å². The van der Waals surface area contributed by atoms with E-state index in [1.54, 1.807) is 0 Å². The number of Topliss-reactive ketones (excluding diaryl/α,β-unsaturated/α-hetero) is 1. The smallest absolute Gasteiger partial charge is 0.267 e. The Bertz CT molecular complexity index is 504. The van der Waals surface area contributed by atoms with Crippen LogP contribution < -0.4 is 0 Å². The number of aliphatic imine (C=N–C) groups is 1.